The fraction of sp³-hybridized carbons (Fsp3) is 0.500. The summed E-state index contributed by atoms with van der Waals surface area (Å²) in [5.41, 5.74) is 1.87. The van der Waals surface area contributed by atoms with Gasteiger partial charge < -0.3 is 10.2 Å². The zero-order valence-corrected chi connectivity index (χ0v) is 16.9. The number of anilines is 1. The van der Waals surface area contributed by atoms with Crippen molar-refractivity contribution in [1.29, 1.82) is 0 Å². The Kier molecular flexibility index (Phi) is 6.62. The van der Waals surface area contributed by atoms with Gasteiger partial charge in [0.2, 0.25) is 0 Å². The molecule has 2 N–H and O–H groups in total. The average molecular weight is 383 g/mol. The Balaban J connectivity index is 1.50. The number of hydrogen-bond acceptors (Lipinski definition) is 4. The van der Waals surface area contributed by atoms with Crippen molar-refractivity contribution in [2.24, 2.45) is 11.8 Å². The Labute approximate surface area is 166 Å². The van der Waals surface area contributed by atoms with Gasteiger partial charge in [0.25, 0.3) is 11.5 Å². The second kappa shape index (κ2) is 9.15. The number of piperidine rings is 1. The van der Waals surface area contributed by atoms with Crippen LogP contribution in [0.2, 0.25) is 0 Å². The van der Waals surface area contributed by atoms with E-state index < -0.39 is 0 Å². The van der Waals surface area contributed by atoms with Crippen LogP contribution in [0.25, 0.3) is 0 Å². The molecule has 2 heterocycles. The first kappa shape index (κ1) is 20.3. The molecule has 2 unspecified atom stereocenters. The van der Waals surface area contributed by atoms with Gasteiger partial charge in [0.1, 0.15) is 5.69 Å². The molecule has 1 aliphatic rings. The van der Waals surface area contributed by atoms with E-state index in [0.717, 1.165) is 23.9 Å². The number of nitrogens with one attached hydrogen (secondary N) is 2. The van der Waals surface area contributed by atoms with E-state index in [-0.39, 0.29) is 17.2 Å². The molecule has 0 radical (unpaired) electrons. The first-order valence-electron chi connectivity index (χ1n) is 10.1. The summed E-state index contributed by atoms with van der Waals surface area (Å²) in [5, 5.41) is 8.81. The van der Waals surface area contributed by atoms with Crippen LogP contribution in [0.4, 0.5) is 5.69 Å². The zero-order chi connectivity index (χ0) is 20.1. The summed E-state index contributed by atoms with van der Waals surface area (Å²) in [6.07, 6.45) is 3.55. The minimum Gasteiger partial charge on any atom is -0.321 e. The molecule has 1 aromatic carbocycles. The number of carbonyl (C=O) groups excluding carboxylic acids is 1. The highest BCUT2D eigenvalue weighted by atomic mass is 16.2. The van der Waals surface area contributed by atoms with E-state index in [1.807, 2.05) is 12.1 Å². The molecule has 1 aliphatic heterocycles. The highest BCUT2D eigenvalue weighted by molar-refractivity contribution is 6.02. The lowest BCUT2D eigenvalue weighted by Gasteiger charge is -2.39. The van der Waals surface area contributed by atoms with Gasteiger partial charge in [0, 0.05) is 24.3 Å². The molecule has 0 aliphatic carbocycles. The fourth-order valence-electron chi connectivity index (χ4n) is 3.90. The van der Waals surface area contributed by atoms with Crippen molar-refractivity contribution in [2.45, 2.75) is 46.1 Å². The lowest BCUT2D eigenvalue weighted by Crippen LogP contribution is -2.43. The highest BCUT2D eigenvalue weighted by Crippen LogP contribution is 2.28. The normalized spacial score (nSPS) is 20.3. The third-order valence-electron chi connectivity index (χ3n) is 5.77. The number of rotatable bonds is 6. The lowest BCUT2D eigenvalue weighted by molar-refractivity contribution is 0.0981. The largest absolute Gasteiger partial charge is 0.321 e. The van der Waals surface area contributed by atoms with Crippen LogP contribution in [0.1, 0.15) is 49.7 Å². The molecule has 0 saturated carbocycles. The smallest absolute Gasteiger partial charge is 0.276 e. The molecule has 1 amide bonds. The Bertz CT molecular complexity index is 824. The van der Waals surface area contributed by atoms with Crippen LogP contribution in [-0.4, -0.2) is 40.1 Å². The first-order chi connectivity index (χ1) is 13.4. The summed E-state index contributed by atoms with van der Waals surface area (Å²) in [6.45, 7) is 9.34. The van der Waals surface area contributed by atoms with Crippen LogP contribution in [0.3, 0.4) is 0 Å². The van der Waals surface area contributed by atoms with Crippen LogP contribution in [0, 0.1) is 11.8 Å². The minimum atomic E-state index is -0.338. The molecule has 0 bridgehead atoms. The lowest BCUT2D eigenvalue weighted by atomic mass is 9.82. The SMILES string of the molecule is CC1CN(C(C)C)CCC1CCc1ccc(NC(=O)c2ccc(=O)[nH]n2)cc1. The Morgan fingerprint density at radius 3 is 2.61 bits per heavy atom. The number of hydrogen-bond donors (Lipinski definition) is 2. The number of H-pyrrole nitrogens is 1. The predicted molar refractivity (Wildman–Crippen MR) is 112 cm³/mol. The van der Waals surface area contributed by atoms with Crippen molar-refractivity contribution in [3.05, 3.63) is 58.0 Å². The molecule has 3 rings (SSSR count). The van der Waals surface area contributed by atoms with Crippen molar-refractivity contribution < 1.29 is 4.79 Å². The second-order valence-corrected chi connectivity index (χ2v) is 8.11. The van der Waals surface area contributed by atoms with Gasteiger partial charge >= 0.3 is 0 Å². The van der Waals surface area contributed by atoms with Gasteiger partial charge in [0.15, 0.2) is 0 Å². The van der Waals surface area contributed by atoms with Crippen molar-refractivity contribution in [3.63, 3.8) is 0 Å². The van der Waals surface area contributed by atoms with Gasteiger partial charge in [-0.05, 0) is 75.3 Å². The number of amides is 1. The third kappa shape index (κ3) is 5.29. The maximum absolute atomic E-state index is 12.2. The molecular weight excluding hydrogens is 352 g/mol. The number of likely N-dealkylation sites (tertiary alicyclic amines) is 1. The Hall–Kier alpha value is -2.47. The predicted octanol–water partition coefficient (Wildman–Crippen LogP) is 3.32. The first-order valence-corrected chi connectivity index (χ1v) is 10.1. The molecule has 2 atom stereocenters. The molecule has 6 heteroatoms. The highest BCUT2D eigenvalue weighted by Gasteiger charge is 2.26. The fourth-order valence-corrected chi connectivity index (χ4v) is 3.90. The minimum absolute atomic E-state index is 0.186. The molecule has 1 fully saturated rings. The van der Waals surface area contributed by atoms with Gasteiger partial charge in [-0.3, -0.25) is 9.59 Å². The molecule has 150 valence electrons. The van der Waals surface area contributed by atoms with E-state index >= 15 is 0 Å². The topological polar surface area (TPSA) is 78.1 Å². The van der Waals surface area contributed by atoms with Crippen molar-refractivity contribution in [3.8, 4) is 0 Å². The van der Waals surface area contributed by atoms with Crippen molar-refractivity contribution in [2.75, 3.05) is 18.4 Å². The van der Waals surface area contributed by atoms with Gasteiger partial charge in [-0.25, -0.2) is 5.10 Å². The van der Waals surface area contributed by atoms with Crippen LogP contribution >= 0.6 is 0 Å². The average Bonchev–Trinajstić information content (AvgIpc) is 2.68. The summed E-state index contributed by atoms with van der Waals surface area (Å²) in [5.74, 6) is 1.18. The maximum atomic E-state index is 12.2. The van der Waals surface area contributed by atoms with E-state index in [4.69, 9.17) is 0 Å². The van der Waals surface area contributed by atoms with Crippen LogP contribution in [-0.2, 0) is 6.42 Å². The molecule has 1 aromatic heterocycles. The number of benzene rings is 1. The number of aryl methyl sites for hydroxylation is 1. The summed E-state index contributed by atoms with van der Waals surface area (Å²) >= 11 is 0. The Morgan fingerprint density at radius 2 is 2.00 bits per heavy atom. The van der Waals surface area contributed by atoms with Crippen molar-refractivity contribution >= 4 is 11.6 Å². The Morgan fingerprint density at radius 1 is 1.25 bits per heavy atom. The number of aromatic nitrogens is 2. The summed E-state index contributed by atoms with van der Waals surface area (Å²) in [7, 11) is 0. The summed E-state index contributed by atoms with van der Waals surface area (Å²) in [6, 6.07) is 11.3. The van der Waals surface area contributed by atoms with Gasteiger partial charge in [-0.15, -0.1) is 0 Å². The number of aromatic amines is 1. The van der Waals surface area contributed by atoms with E-state index in [2.05, 4.69) is 53.3 Å². The maximum Gasteiger partial charge on any atom is 0.276 e. The van der Waals surface area contributed by atoms with Gasteiger partial charge in [0.05, 0.1) is 0 Å². The molecular formula is C22H30N4O2. The van der Waals surface area contributed by atoms with Crippen molar-refractivity contribution in [1.82, 2.24) is 15.1 Å². The standard InChI is InChI=1S/C22H30N4O2/c1-15(2)26-13-12-18(16(3)14-26)7-4-17-5-8-19(9-6-17)23-22(28)20-10-11-21(27)25-24-20/h5-6,8-11,15-16,18H,4,7,12-14H2,1-3H3,(H,23,28)(H,25,27). The zero-order valence-electron chi connectivity index (χ0n) is 16.9. The summed E-state index contributed by atoms with van der Waals surface area (Å²) in [4.78, 5) is 25.8. The van der Waals surface area contributed by atoms with Gasteiger partial charge in [-0.1, -0.05) is 19.1 Å². The molecule has 1 saturated heterocycles. The van der Waals surface area contributed by atoms with Gasteiger partial charge in [-0.2, -0.15) is 5.10 Å². The van der Waals surface area contributed by atoms with Crippen LogP contribution < -0.4 is 10.9 Å². The quantitative estimate of drug-likeness (QED) is 0.803. The monoisotopic (exact) mass is 382 g/mol. The number of carbonyl (C=O) groups is 1. The van der Waals surface area contributed by atoms with E-state index in [9.17, 15) is 9.59 Å². The summed E-state index contributed by atoms with van der Waals surface area (Å²) < 4.78 is 0. The van der Waals surface area contributed by atoms with E-state index in [0.29, 0.717) is 6.04 Å². The molecule has 2 aromatic rings. The molecule has 0 spiro atoms. The second-order valence-electron chi connectivity index (χ2n) is 8.11. The van der Waals surface area contributed by atoms with E-state index in [1.165, 1.54) is 43.6 Å². The number of nitrogens with zero attached hydrogens (tertiary/aromatic N) is 2. The third-order valence-corrected chi connectivity index (χ3v) is 5.77. The van der Waals surface area contributed by atoms with Crippen LogP contribution in [0.5, 0.6) is 0 Å². The molecule has 6 nitrogen and oxygen atoms in total. The van der Waals surface area contributed by atoms with E-state index in [1.54, 1.807) is 0 Å². The van der Waals surface area contributed by atoms with Crippen LogP contribution in [0.15, 0.2) is 41.2 Å². The molecule has 28 heavy (non-hydrogen) atoms.